The standard InChI is InChI=1S/C14H14N2O2/c1-16-8-11(9-4-2-3-5-12(9)16)10-6-14(18)15-7-13(10)17/h2-5,8,10H,6-7H2,1H3,(H,15,18). The molecule has 0 aliphatic carbocycles. The zero-order chi connectivity index (χ0) is 12.7. The molecule has 1 saturated heterocycles. The second-order valence-corrected chi connectivity index (χ2v) is 4.71. The maximum atomic E-state index is 12.0. The lowest BCUT2D eigenvalue weighted by molar-refractivity contribution is -0.131. The molecule has 1 atom stereocenters. The number of hydrogen-bond donors (Lipinski definition) is 1. The topological polar surface area (TPSA) is 51.1 Å². The van der Waals surface area contributed by atoms with Crippen LogP contribution in [0, 0.1) is 0 Å². The number of carbonyl (C=O) groups is 2. The molecule has 0 radical (unpaired) electrons. The fourth-order valence-corrected chi connectivity index (χ4v) is 2.61. The van der Waals surface area contributed by atoms with Crippen molar-refractivity contribution in [3.63, 3.8) is 0 Å². The molecular formula is C14H14N2O2. The summed E-state index contributed by atoms with van der Waals surface area (Å²) in [5.41, 5.74) is 2.05. The van der Waals surface area contributed by atoms with Gasteiger partial charge in [0.25, 0.3) is 0 Å². The maximum Gasteiger partial charge on any atom is 0.221 e. The summed E-state index contributed by atoms with van der Waals surface area (Å²) in [6.07, 6.45) is 2.22. The van der Waals surface area contributed by atoms with Crippen LogP contribution < -0.4 is 5.32 Å². The molecule has 2 aromatic rings. The van der Waals surface area contributed by atoms with Gasteiger partial charge in [0.1, 0.15) is 0 Å². The van der Waals surface area contributed by atoms with E-state index in [1.165, 1.54) is 0 Å². The highest BCUT2D eigenvalue weighted by atomic mass is 16.2. The first-order chi connectivity index (χ1) is 8.66. The van der Waals surface area contributed by atoms with Gasteiger partial charge in [-0.3, -0.25) is 9.59 Å². The van der Waals surface area contributed by atoms with Crippen LogP contribution in [0.15, 0.2) is 30.5 Å². The van der Waals surface area contributed by atoms with E-state index in [9.17, 15) is 9.59 Å². The SMILES string of the molecule is Cn1cc(C2CC(=O)NCC2=O)c2ccccc21. The van der Waals surface area contributed by atoms with Crippen molar-refractivity contribution in [2.75, 3.05) is 6.54 Å². The van der Waals surface area contributed by atoms with Gasteiger partial charge in [0.15, 0.2) is 5.78 Å². The Labute approximate surface area is 105 Å². The molecule has 18 heavy (non-hydrogen) atoms. The van der Waals surface area contributed by atoms with Gasteiger partial charge in [-0.25, -0.2) is 0 Å². The average molecular weight is 242 g/mol. The lowest BCUT2D eigenvalue weighted by Gasteiger charge is -2.20. The van der Waals surface area contributed by atoms with Crippen molar-refractivity contribution in [3.8, 4) is 0 Å². The van der Waals surface area contributed by atoms with E-state index >= 15 is 0 Å². The first-order valence-electron chi connectivity index (χ1n) is 6.00. The molecule has 92 valence electrons. The van der Waals surface area contributed by atoms with E-state index in [-0.39, 0.29) is 30.6 Å². The highest BCUT2D eigenvalue weighted by Crippen LogP contribution is 2.31. The number of Topliss-reactive ketones (excluding diaryl/α,β-unsaturated/α-hetero) is 1. The molecule has 4 heteroatoms. The number of aromatic nitrogens is 1. The minimum absolute atomic E-state index is 0.0486. The maximum absolute atomic E-state index is 12.0. The van der Waals surface area contributed by atoms with Crippen molar-refractivity contribution in [2.24, 2.45) is 7.05 Å². The van der Waals surface area contributed by atoms with E-state index < -0.39 is 0 Å². The van der Waals surface area contributed by atoms with Crippen LogP contribution in [0.5, 0.6) is 0 Å². The molecule has 3 rings (SSSR count). The normalized spacial score (nSPS) is 20.2. The Kier molecular flexibility index (Phi) is 2.44. The summed E-state index contributed by atoms with van der Waals surface area (Å²) in [5.74, 6) is -0.261. The number of aryl methyl sites for hydroxylation is 1. The molecule has 0 spiro atoms. The molecule has 1 aromatic carbocycles. The predicted octanol–water partition coefficient (Wildman–Crippen LogP) is 1.35. The second kappa shape index (κ2) is 3.98. The molecule has 2 heterocycles. The van der Waals surface area contributed by atoms with E-state index in [2.05, 4.69) is 5.32 Å². The molecule has 1 unspecified atom stereocenters. The fourth-order valence-electron chi connectivity index (χ4n) is 2.61. The van der Waals surface area contributed by atoms with E-state index in [0.29, 0.717) is 0 Å². The lowest BCUT2D eigenvalue weighted by atomic mass is 9.88. The number of amides is 1. The van der Waals surface area contributed by atoms with Crippen molar-refractivity contribution in [3.05, 3.63) is 36.0 Å². The van der Waals surface area contributed by atoms with Gasteiger partial charge >= 0.3 is 0 Å². The number of carbonyl (C=O) groups excluding carboxylic acids is 2. The molecule has 1 fully saturated rings. The Bertz CT molecular complexity index is 642. The molecule has 1 amide bonds. The molecule has 0 saturated carbocycles. The molecule has 1 aromatic heterocycles. The van der Waals surface area contributed by atoms with Gasteiger partial charge in [0, 0.05) is 30.6 Å². The first kappa shape index (κ1) is 11.0. The number of rotatable bonds is 1. The van der Waals surface area contributed by atoms with Crippen molar-refractivity contribution in [1.82, 2.24) is 9.88 Å². The Morgan fingerprint density at radius 2 is 2.06 bits per heavy atom. The van der Waals surface area contributed by atoms with Crippen molar-refractivity contribution in [2.45, 2.75) is 12.3 Å². The summed E-state index contributed by atoms with van der Waals surface area (Å²) in [6, 6.07) is 7.96. The van der Waals surface area contributed by atoms with E-state index in [1.54, 1.807) is 0 Å². The third kappa shape index (κ3) is 1.61. The highest BCUT2D eigenvalue weighted by Gasteiger charge is 2.30. The summed E-state index contributed by atoms with van der Waals surface area (Å²) in [4.78, 5) is 23.4. The summed E-state index contributed by atoms with van der Waals surface area (Å²) < 4.78 is 2.00. The monoisotopic (exact) mass is 242 g/mol. The summed E-state index contributed by atoms with van der Waals surface area (Å²) in [6.45, 7) is 0.146. The minimum Gasteiger partial charge on any atom is -0.350 e. The number of nitrogens with one attached hydrogen (secondary N) is 1. The largest absolute Gasteiger partial charge is 0.350 e. The molecule has 1 aliphatic heterocycles. The van der Waals surface area contributed by atoms with E-state index in [0.717, 1.165) is 16.5 Å². The van der Waals surface area contributed by atoms with Crippen LogP contribution in [-0.4, -0.2) is 22.8 Å². The second-order valence-electron chi connectivity index (χ2n) is 4.71. The number of benzene rings is 1. The third-order valence-electron chi connectivity index (χ3n) is 3.54. The Morgan fingerprint density at radius 3 is 2.89 bits per heavy atom. The molecule has 0 bridgehead atoms. The summed E-state index contributed by atoms with van der Waals surface area (Å²) >= 11 is 0. The van der Waals surface area contributed by atoms with Crippen LogP contribution in [0.4, 0.5) is 0 Å². The van der Waals surface area contributed by atoms with Crippen LogP contribution in [0.3, 0.4) is 0 Å². The van der Waals surface area contributed by atoms with Gasteiger partial charge in [0.05, 0.1) is 12.5 Å². The number of nitrogens with zero attached hydrogens (tertiary/aromatic N) is 1. The molecule has 4 nitrogen and oxygen atoms in total. The summed E-state index contributed by atoms with van der Waals surface area (Å²) in [7, 11) is 1.96. The average Bonchev–Trinajstić information content (AvgIpc) is 2.71. The van der Waals surface area contributed by atoms with Gasteiger partial charge in [-0.1, -0.05) is 18.2 Å². The summed E-state index contributed by atoms with van der Waals surface area (Å²) in [5, 5.41) is 3.65. The van der Waals surface area contributed by atoms with Gasteiger partial charge < -0.3 is 9.88 Å². The van der Waals surface area contributed by atoms with E-state index in [4.69, 9.17) is 0 Å². The Morgan fingerprint density at radius 1 is 1.28 bits per heavy atom. The van der Waals surface area contributed by atoms with Crippen LogP contribution in [0.25, 0.3) is 10.9 Å². The van der Waals surface area contributed by atoms with Crippen LogP contribution in [0.1, 0.15) is 17.9 Å². The quantitative estimate of drug-likeness (QED) is 0.820. The zero-order valence-corrected chi connectivity index (χ0v) is 10.1. The van der Waals surface area contributed by atoms with Gasteiger partial charge in [-0.15, -0.1) is 0 Å². The van der Waals surface area contributed by atoms with Crippen molar-refractivity contribution < 1.29 is 9.59 Å². The zero-order valence-electron chi connectivity index (χ0n) is 10.1. The molecule has 1 aliphatic rings. The lowest BCUT2D eigenvalue weighted by Crippen LogP contribution is -2.39. The number of ketones is 1. The van der Waals surface area contributed by atoms with Crippen LogP contribution in [-0.2, 0) is 16.6 Å². The highest BCUT2D eigenvalue weighted by molar-refractivity contribution is 6.01. The van der Waals surface area contributed by atoms with E-state index in [1.807, 2.05) is 42.1 Å². The number of hydrogen-bond acceptors (Lipinski definition) is 2. The van der Waals surface area contributed by atoms with Crippen molar-refractivity contribution >= 4 is 22.6 Å². The predicted molar refractivity (Wildman–Crippen MR) is 68.3 cm³/mol. The fraction of sp³-hybridized carbons (Fsp3) is 0.286. The van der Waals surface area contributed by atoms with Gasteiger partial charge in [-0.2, -0.15) is 0 Å². The van der Waals surface area contributed by atoms with Gasteiger partial charge in [-0.05, 0) is 11.6 Å². The Hall–Kier alpha value is -2.10. The van der Waals surface area contributed by atoms with Crippen LogP contribution >= 0.6 is 0 Å². The smallest absolute Gasteiger partial charge is 0.221 e. The number of fused-ring (bicyclic) bond motifs is 1. The first-order valence-corrected chi connectivity index (χ1v) is 6.00. The molecule has 1 N–H and O–H groups in total. The van der Waals surface area contributed by atoms with Crippen molar-refractivity contribution in [1.29, 1.82) is 0 Å². The minimum atomic E-state index is -0.301. The third-order valence-corrected chi connectivity index (χ3v) is 3.54. The molecular weight excluding hydrogens is 228 g/mol. The van der Waals surface area contributed by atoms with Crippen LogP contribution in [0.2, 0.25) is 0 Å². The number of para-hydroxylation sites is 1. The van der Waals surface area contributed by atoms with Gasteiger partial charge in [0.2, 0.25) is 5.91 Å². The Balaban J connectivity index is 2.13. The number of piperidine rings is 1.